The van der Waals surface area contributed by atoms with E-state index in [1.807, 2.05) is 24.9 Å². The Bertz CT molecular complexity index is 939. The zero-order valence-electron chi connectivity index (χ0n) is 10.3. The molecule has 7 nitrogen and oxygen atoms in total. The molecule has 0 aliphatic heterocycles. The van der Waals surface area contributed by atoms with Gasteiger partial charge in [0, 0.05) is 6.07 Å². The van der Waals surface area contributed by atoms with Crippen LogP contribution < -0.4 is 16.0 Å². The molecule has 0 aliphatic carbocycles. The monoisotopic (exact) mass is 258 g/mol. The molecule has 96 valence electrons. The molecule has 3 rings (SSSR count). The Balaban J connectivity index is 2.68. The Morgan fingerprint density at radius 1 is 1.21 bits per heavy atom. The minimum Gasteiger partial charge on any atom is -0.618 e. The summed E-state index contributed by atoms with van der Waals surface area (Å²) in [5.41, 5.74) is 0.841. The zero-order chi connectivity index (χ0) is 13.7. The van der Waals surface area contributed by atoms with Crippen LogP contribution in [0.5, 0.6) is 0 Å². The van der Waals surface area contributed by atoms with Crippen LogP contribution >= 0.6 is 0 Å². The van der Waals surface area contributed by atoms with Gasteiger partial charge in [0.15, 0.2) is 0 Å². The number of aryl methyl sites for hydroxylation is 2. The molecule has 0 fully saturated rings. The smallest absolute Gasteiger partial charge is 0.329 e. The molecule has 0 saturated carbocycles. The lowest BCUT2D eigenvalue weighted by atomic mass is 10.1. The second-order valence-electron chi connectivity index (χ2n) is 4.46. The van der Waals surface area contributed by atoms with Gasteiger partial charge in [-0.15, -0.1) is 0 Å². The SMILES string of the molecule is Cc1cc(C)c2nc3[nH]c(=O)[nH]c(=O)c3[n+]([O-])c2c1. The molecule has 2 aromatic heterocycles. The van der Waals surface area contributed by atoms with Crippen LogP contribution in [0.2, 0.25) is 0 Å². The van der Waals surface area contributed by atoms with Crippen LogP contribution in [-0.2, 0) is 0 Å². The number of fused-ring (bicyclic) bond motifs is 2. The number of nitrogens with one attached hydrogen (secondary N) is 2. The van der Waals surface area contributed by atoms with Crippen molar-refractivity contribution < 1.29 is 4.73 Å². The predicted octanol–water partition coefficient (Wildman–Crippen LogP) is 0.0148. The lowest BCUT2D eigenvalue weighted by molar-refractivity contribution is -0.549. The molecule has 0 amide bonds. The van der Waals surface area contributed by atoms with Crippen molar-refractivity contribution in [3.63, 3.8) is 0 Å². The second-order valence-corrected chi connectivity index (χ2v) is 4.46. The van der Waals surface area contributed by atoms with Crippen molar-refractivity contribution >= 4 is 22.2 Å². The van der Waals surface area contributed by atoms with Crippen molar-refractivity contribution in [2.75, 3.05) is 0 Å². The molecule has 0 aliphatic rings. The number of hydrogen-bond donors (Lipinski definition) is 2. The predicted molar refractivity (Wildman–Crippen MR) is 68.9 cm³/mol. The maximum absolute atomic E-state index is 12.3. The lowest BCUT2D eigenvalue weighted by Crippen LogP contribution is -2.37. The van der Waals surface area contributed by atoms with E-state index in [1.165, 1.54) is 0 Å². The minimum atomic E-state index is -0.748. The van der Waals surface area contributed by atoms with Crippen molar-refractivity contribution in [1.82, 2.24) is 15.0 Å². The standard InChI is InChI=1S/C12H10N4O3/c1-5-3-6(2)8-7(4-5)16(19)9-10(13-8)14-12(18)15-11(9)17/h3-4H,1-2H3,(H2,13,14,15,17,18). The van der Waals surface area contributed by atoms with E-state index in [4.69, 9.17) is 0 Å². The quantitative estimate of drug-likeness (QED) is 0.336. The maximum atomic E-state index is 12.3. The molecule has 0 bridgehead atoms. The van der Waals surface area contributed by atoms with E-state index in [1.54, 1.807) is 6.07 Å². The molecule has 0 spiro atoms. The average molecular weight is 258 g/mol. The Morgan fingerprint density at radius 2 is 1.95 bits per heavy atom. The summed E-state index contributed by atoms with van der Waals surface area (Å²) in [4.78, 5) is 31.5. The normalized spacial score (nSPS) is 11.3. The molecule has 0 atom stereocenters. The van der Waals surface area contributed by atoms with Crippen LogP contribution in [0.25, 0.3) is 22.2 Å². The van der Waals surface area contributed by atoms with E-state index in [0.29, 0.717) is 15.8 Å². The van der Waals surface area contributed by atoms with Gasteiger partial charge in [-0.25, -0.2) is 9.78 Å². The highest BCUT2D eigenvalue weighted by Gasteiger charge is 2.18. The van der Waals surface area contributed by atoms with Gasteiger partial charge in [-0.05, 0) is 25.0 Å². The Morgan fingerprint density at radius 3 is 2.68 bits per heavy atom. The highest BCUT2D eigenvalue weighted by atomic mass is 16.5. The third-order valence-electron chi connectivity index (χ3n) is 2.97. The number of H-pyrrole nitrogens is 2. The first-order valence-electron chi connectivity index (χ1n) is 5.64. The molecule has 3 aromatic rings. The summed E-state index contributed by atoms with van der Waals surface area (Å²) < 4.78 is 0.506. The van der Waals surface area contributed by atoms with Crippen molar-refractivity contribution in [3.8, 4) is 0 Å². The Kier molecular flexibility index (Phi) is 2.19. The zero-order valence-corrected chi connectivity index (χ0v) is 10.3. The van der Waals surface area contributed by atoms with E-state index in [2.05, 4.69) is 9.97 Å². The van der Waals surface area contributed by atoms with E-state index < -0.39 is 11.2 Å². The third-order valence-corrected chi connectivity index (χ3v) is 2.97. The van der Waals surface area contributed by atoms with Crippen LogP contribution in [0, 0.1) is 19.1 Å². The summed E-state index contributed by atoms with van der Waals surface area (Å²) >= 11 is 0. The van der Waals surface area contributed by atoms with Gasteiger partial charge in [-0.2, -0.15) is 4.73 Å². The van der Waals surface area contributed by atoms with Gasteiger partial charge in [0.05, 0.1) is 0 Å². The summed E-state index contributed by atoms with van der Waals surface area (Å²) in [6, 6.07) is 3.54. The van der Waals surface area contributed by atoms with Gasteiger partial charge in [0.25, 0.3) is 0 Å². The summed E-state index contributed by atoms with van der Waals surface area (Å²) in [5.74, 6) is 0. The first-order chi connectivity index (χ1) is 8.97. The fourth-order valence-corrected chi connectivity index (χ4v) is 2.21. The molecular formula is C12H10N4O3. The van der Waals surface area contributed by atoms with Crippen LogP contribution in [0.1, 0.15) is 11.1 Å². The lowest BCUT2D eigenvalue weighted by Gasteiger charge is -2.06. The molecule has 19 heavy (non-hydrogen) atoms. The summed E-state index contributed by atoms with van der Waals surface area (Å²) in [6.07, 6.45) is 0. The third kappa shape index (κ3) is 1.59. The molecular weight excluding hydrogens is 248 g/mol. The Hall–Kier alpha value is -2.70. The van der Waals surface area contributed by atoms with Crippen LogP contribution in [0.4, 0.5) is 0 Å². The molecule has 0 unspecified atom stereocenters. The topological polar surface area (TPSA) is 106 Å². The van der Waals surface area contributed by atoms with Crippen molar-refractivity contribution in [3.05, 3.63) is 49.3 Å². The molecule has 0 radical (unpaired) electrons. The minimum absolute atomic E-state index is 0.0109. The summed E-state index contributed by atoms with van der Waals surface area (Å²) in [5, 5.41) is 12.3. The highest BCUT2D eigenvalue weighted by Crippen LogP contribution is 2.16. The van der Waals surface area contributed by atoms with Crippen LogP contribution in [-0.4, -0.2) is 15.0 Å². The van der Waals surface area contributed by atoms with Crippen LogP contribution in [0.3, 0.4) is 0 Å². The molecule has 2 N–H and O–H groups in total. The fraction of sp³-hybridized carbons (Fsp3) is 0.167. The van der Waals surface area contributed by atoms with E-state index >= 15 is 0 Å². The van der Waals surface area contributed by atoms with Gasteiger partial charge in [0.2, 0.25) is 11.2 Å². The molecule has 2 heterocycles. The number of nitrogens with zero attached hydrogens (tertiary/aromatic N) is 2. The highest BCUT2D eigenvalue weighted by molar-refractivity contribution is 5.81. The molecule has 7 heteroatoms. The second kappa shape index (κ2) is 3.64. The Labute approximate surface area is 106 Å². The largest absolute Gasteiger partial charge is 0.618 e. The molecule has 1 aromatic carbocycles. The van der Waals surface area contributed by atoms with E-state index in [0.717, 1.165) is 11.1 Å². The number of benzene rings is 1. The fourth-order valence-electron chi connectivity index (χ4n) is 2.21. The van der Waals surface area contributed by atoms with Gasteiger partial charge in [0.1, 0.15) is 5.52 Å². The summed E-state index contributed by atoms with van der Waals surface area (Å²) in [7, 11) is 0. The van der Waals surface area contributed by atoms with Gasteiger partial charge < -0.3 is 5.21 Å². The first kappa shape index (κ1) is 11.4. The summed E-state index contributed by atoms with van der Waals surface area (Å²) in [6.45, 7) is 3.67. The maximum Gasteiger partial charge on any atom is 0.329 e. The first-order valence-corrected chi connectivity index (χ1v) is 5.64. The van der Waals surface area contributed by atoms with Gasteiger partial charge >= 0.3 is 16.8 Å². The number of rotatable bonds is 0. The van der Waals surface area contributed by atoms with Crippen molar-refractivity contribution in [2.24, 2.45) is 0 Å². The van der Waals surface area contributed by atoms with Gasteiger partial charge in [-0.1, -0.05) is 6.07 Å². The van der Waals surface area contributed by atoms with E-state index in [-0.39, 0.29) is 11.2 Å². The number of aromatic amines is 2. The number of hydrogen-bond acceptors (Lipinski definition) is 4. The number of aromatic nitrogens is 4. The van der Waals surface area contributed by atoms with Gasteiger partial charge in [-0.3, -0.25) is 14.8 Å². The van der Waals surface area contributed by atoms with Crippen molar-refractivity contribution in [2.45, 2.75) is 13.8 Å². The van der Waals surface area contributed by atoms with E-state index in [9.17, 15) is 14.8 Å². The van der Waals surface area contributed by atoms with Crippen LogP contribution in [0.15, 0.2) is 21.7 Å². The molecule has 0 saturated heterocycles. The van der Waals surface area contributed by atoms with Crippen molar-refractivity contribution in [1.29, 1.82) is 0 Å². The average Bonchev–Trinajstić information content (AvgIpc) is 2.30.